The van der Waals surface area contributed by atoms with E-state index in [0.29, 0.717) is 22.1 Å². The number of carbonyl (C=O) groups excluding carboxylic acids is 1. The van der Waals surface area contributed by atoms with Gasteiger partial charge in [-0.25, -0.2) is 4.98 Å². The van der Waals surface area contributed by atoms with E-state index in [2.05, 4.69) is 15.3 Å². The molecule has 0 spiro atoms. The Morgan fingerprint density at radius 3 is 2.52 bits per heavy atom. The molecule has 3 rings (SSSR count). The van der Waals surface area contributed by atoms with E-state index in [-0.39, 0.29) is 5.91 Å². The lowest BCUT2D eigenvalue weighted by atomic mass is 10.1. The van der Waals surface area contributed by atoms with E-state index in [0.717, 1.165) is 23.5 Å². The first-order valence-corrected chi connectivity index (χ1v) is 9.31. The molecule has 0 fully saturated rings. The number of methoxy groups -OCH3 is 2. The molecule has 27 heavy (non-hydrogen) atoms. The molecule has 1 aromatic carbocycles. The summed E-state index contributed by atoms with van der Waals surface area (Å²) in [6, 6.07) is 9.25. The minimum absolute atomic E-state index is 0.174. The van der Waals surface area contributed by atoms with Gasteiger partial charge in [0.05, 0.1) is 24.9 Å². The van der Waals surface area contributed by atoms with Gasteiger partial charge in [0.25, 0.3) is 5.91 Å². The van der Waals surface area contributed by atoms with Crippen molar-refractivity contribution in [2.45, 2.75) is 19.8 Å². The average molecular weight is 383 g/mol. The standard InChI is InChI=1S/C20H21N3O3S/c1-13-19(27-18(22-13)7-4-14-8-10-21-11-9-14)20(24)23-15-5-6-16(25-2)17(12-15)26-3/h5-6,8-12H,4,7H2,1-3H3,(H,23,24). The van der Waals surface area contributed by atoms with E-state index in [1.165, 1.54) is 16.9 Å². The second-order valence-corrected chi connectivity index (χ2v) is 6.99. The van der Waals surface area contributed by atoms with Crippen LogP contribution in [0.1, 0.15) is 25.9 Å². The third-order valence-corrected chi connectivity index (χ3v) is 5.28. The number of amides is 1. The fourth-order valence-electron chi connectivity index (χ4n) is 2.67. The predicted octanol–water partition coefficient (Wildman–Crippen LogP) is 3.90. The number of nitrogens with zero attached hydrogens (tertiary/aromatic N) is 2. The van der Waals surface area contributed by atoms with Crippen LogP contribution in [0, 0.1) is 6.92 Å². The highest BCUT2D eigenvalue weighted by Crippen LogP contribution is 2.30. The van der Waals surface area contributed by atoms with Crippen molar-refractivity contribution in [3.63, 3.8) is 0 Å². The fourth-order valence-corrected chi connectivity index (χ4v) is 3.63. The zero-order valence-corrected chi connectivity index (χ0v) is 16.3. The Balaban J connectivity index is 1.69. The molecular formula is C20H21N3O3S. The maximum atomic E-state index is 12.7. The first-order chi connectivity index (χ1) is 13.1. The second-order valence-electron chi connectivity index (χ2n) is 5.90. The molecule has 0 saturated carbocycles. The lowest BCUT2D eigenvalue weighted by Gasteiger charge is -2.10. The van der Waals surface area contributed by atoms with Crippen molar-refractivity contribution in [2.24, 2.45) is 0 Å². The summed E-state index contributed by atoms with van der Waals surface area (Å²) in [5, 5.41) is 3.85. The zero-order chi connectivity index (χ0) is 19.2. The lowest BCUT2D eigenvalue weighted by molar-refractivity contribution is 0.103. The number of aromatic nitrogens is 2. The van der Waals surface area contributed by atoms with Gasteiger partial charge in [0.1, 0.15) is 4.88 Å². The molecule has 0 aliphatic carbocycles. The molecular weight excluding hydrogens is 362 g/mol. The number of anilines is 1. The number of nitrogens with one attached hydrogen (secondary N) is 1. The molecule has 140 valence electrons. The van der Waals surface area contributed by atoms with Gasteiger partial charge >= 0.3 is 0 Å². The molecule has 1 N–H and O–H groups in total. The van der Waals surface area contributed by atoms with Crippen LogP contribution in [0.15, 0.2) is 42.7 Å². The van der Waals surface area contributed by atoms with Crippen LogP contribution in [-0.2, 0) is 12.8 Å². The molecule has 0 bridgehead atoms. The minimum Gasteiger partial charge on any atom is -0.493 e. The summed E-state index contributed by atoms with van der Waals surface area (Å²) in [5.41, 5.74) is 2.58. The van der Waals surface area contributed by atoms with Gasteiger partial charge in [0, 0.05) is 30.6 Å². The average Bonchev–Trinajstić information content (AvgIpc) is 3.08. The molecule has 0 aliphatic heterocycles. The molecule has 0 saturated heterocycles. The first-order valence-electron chi connectivity index (χ1n) is 8.49. The van der Waals surface area contributed by atoms with E-state index in [9.17, 15) is 4.79 Å². The maximum Gasteiger partial charge on any atom is 0.267 e. The van der Waals surface area contributed by atoms with Crippen molar-refractivity contribution in [1.82, 2.24) is 9.97 Å². The van der Waals surface area contributed by atoms with E-state index < -0.39 is 0 Å². The van der Waals surface area contributed by atoms with Crippen LogP contribution < -0.4 is 14.8 Å². The zero-order valence-electron chi connectivity index (χ0n) is 15.5. The van der Waals surface area contributed by atoms with Gasteiger partial charge in [-0.2, -0.15) is 0 Å². The lowest BCUT2D eigenvalue weighted by Crippen LogP contribution is -2.11. The number of pyridine rings is 1. The summed E-state index contributed by atoms with van der Waals surface area (Å²) >= 11 is 1.43. The van der Waals surface area contributed by atoms with Crippen LogP contribution in [-0.4, -0.2) is 30.1 Å². The van der Waals surface area contributed by atoms with Gasteiger partial charge < -0.3 is 14.8 Å². The number of ether oxygens (including phenoxy) is 2. The van der Waals surface area contributed by atoms with E-state index >= 15 is 0 Å². The first kappa shape index (κ1) is 18.8. The predicted molar refractivity (Wildman–Crippen MR) is 106 cm³/mol. The number of hydrogen-bond donors (Lipinski definition) is 1. The molecule has 2 heterocycles. The van der Waals surface area contributed by atoms with E-state index in [4.69, 9.17) is 9.47 Å². The number of hydrogen-bond acceptors (Lipinski definition) is 6. The van der Waals surface area contributed by atoms with Crippen molar-refractivity contribution in [1.29, 1.82) is 0 Å². The van der Waals surface area contributed by atoms with Gasteiger partial charge in [0.2, 0.25) is 0 Å². The minimum atomic E-state index is -0.174. The molecule has 3 aromatic rings. The monoisotopic (exact) mass is 383 g/mol. The van der Waals surface area contributed by atoms with Crippen LogP contribution >= 0.6 is 11.3 Å². The van der Waals surface area contributed by atoms with E-state index in [1.807, 2.05) is 19.1 Å². The molecule has 0 radical (unpaired) electrons. The van der Waals surface area contributed by atoms with Crippen molar-refractivity contribution in [2.75, 3.05) is 19.5 Å². The summed E-state index contributed by atoms with van der Waals surface area (Å²) in [4.78, 5) is 21.8. The number of thiazole rings is 1. The summed E-state index contributed by atoms with van der Waals surface area (Å²) in [5.74, 6) is 1.00. The molecule has 0 atom stereocenters. The Kier molecular flexibility index (Phi) is 6.03. The second kappa shape index (κ2) is 8.64. The Morgan fingerprint density at radius 2 is 1.81 bits per heavy atom. The van der Waals surface area contributed by atoms with Crippen molar-refractivity contribution in [3.8, 4) is 11.5 Å². The van der Waals surface area contributed by atoms with Crippen LogP contribution in [0.25, 0.3) is 0 Å². The van der Waals surface area contributed by atoms with Crippen molar-refractivity contribution >= 4 is 22.9 Å². The molecule has 7 heteroatoms. The molecule has 0 unspecified atom stereocenters. The maximum absolute atomic E-state index is 12.7. The largest absolute Gasteiger partial charge is 0.493 e. The summed E-state index contributed by atoms with van der Waals surface area (Å²) < 4.78 is 10.5. The van der Waals surface area contributed by atoms with Crippen LogP contribution in [0.3, 0.4) is 0 Å². The highest BCUT2D eigenvalue weighted by molar-refractivity contribution is 7.13. The topological polar surface area (TPSA) is 73.3 Å². The van der Waals surface area contributed by atoms with Crippen LogP contribution in [0.5, 0.6) is 11.5 Å². The highest BCUT2D eigenvalue weighted by Gasteiger charge is 2.16. The van der Waals surface area contributed by atoms with Gasteiger partial charge in [-0.3, -0.25) is 9.78 Å². The smallest absolute Gasteiger partial charge is 0.267 e. The number of carbonyl (C=O) groups is 1. The summed E-state index contributed by atoms with van der Waals surface area (Å²) in [7, 11) is 3.14. The fraction of sp³-hybridized carbons (Fsp3) is 0.250. The molecule has 2 aromatic heterocycles. The van der Waals surface area contributed by atoms with Gasteiger partial charge in [-0.15, -0.1) is 11.3 Å². The van der Waals surface area contributed by atoms with Gasteiger partial charge in [-0.1, -0.05) is 0 Å². The Bertz CT molecular complexity index is 925. The molecule has 6 nitrogen and oxygen atoms in total. The number of rotatable bonds is 7. The van der Waals surface area contributed by atoms with Crippen LogP contribution in [0.2, 0.25) is 0 Å². The summed E-state index contributed by atoms with van der Waals surface area (Å²) in [6.45, 7) is 1.86. The normalized spacial score (nSPS) is 10.5. The van der Waals surface area contributed by atoms with E-state index in [1.54, 1.807) is 44.8 Å². The van der Waals surface area contributed by atoms with Crippen LogP contribution in [0.4, 0.5) is 5.69 Å². The number of aryl methyl sites for hydroxylation is 3. The Morgan fingerprint density at radius 1 is 1.07 bits per heavy atom. The van der Waals surface area contributed by atoms with Crippen molar-refractivity contribution in [3.05, 3.63) is 63.9 Å². The third-order valence-electron chi connectivity index (χ3n) is 4.07. The van der Waals surface area contributed by atoms with Gasteiger partial charge in [-0.05, 0) is 43.2 Å². The SMILES string of the molecule is COc1ccc(NC(=O)c2sc(CCc3ccncc3)nc2C)cc1OC. The quantitative estimate of drug-likeness (QED) is 0.670. The third kappa shape index (κ3) is 4.62. The Hall–Kier alpha value is -2.93. The van der Waals surface area contributed by atoms with Crippen molar-refractivity contribution < 1.29 is 14.3 Å². The molecule has 1 amide bonds. The molecule has 0 aliphatic rings. The van der Waals surface area contributed by atoms with Gasteiger partial charge in [0.15, 0.2) is 11.5 Å². The summed E-state index contributed by atoms with van der Waals surface area (Å²) in [6.07, 6.45) is 5.22. The Labute approximate surface area is 162 Å². The highest BCUT2D eigenvalue weighted by atomic mass is 32.1. The number of benzene rings is 1.